The van der Waals surface area contributed by atoms with E-state index in [0.717, 1.165) is 28.2 Å². The molecule has 4 aromatic rings. The van der Waals surface area contributed by atoms with Crippen LogP contribution < -0.4 is 5.43 Å². The van der Waals surface area contributed by atoms with E-state index in [9.17, 15) is 4.79 Å². The van der Waals surface area contributed by atoms with Crippen LogP contribution in [0.25, 0.3) is 17.1 Å². The summed E-state index contributed by atoms with van der Waals surface area (Å²) < 4.78 is 1.97. The smallest absolute Gasteiger partial charge is 0.250 e. The predicted octanol–water partition coefficient (Wildman–Crippen LogP) is 5.53. The Morgan fingerprint density at radius 3 is 2.39 bits per heavy atom. The van der Waals surface area contributed by atoms with E-state index >= 15 is 0 Å². The Bertz CT molecular complexity index is 1270. The lowest BCUT2D eigenvalue weighted by Crippen LogP contribution is -2.21. The molecule has 0 aliphatic rings. The summed E-state index contributed by atoms with van der Waals surface area (Å²) in [5.41, 5.74) is 7.24. The molecular weight excluding hydrogens is 454 g/mol. The van der Waals surface area contributed by atoms with Crippen LogP contribution in [-0.4, -0.2) is 32.1 Å². The molecule has 1 aromatic heterocycles. The number of nitrogens with zero attached hydrogens (tertiary/aromatic N) is 4. The van der Waals surface area contributed by atoms with E-state index in [1.54, 1.807) is 12.1 Å². The van der Waals surface area contributed by atoms with Crippen molar-refractivity contribution in [2.24, 2.45) is 5.10 Å². The molecule has 1 amide bonds. The second-order valence-electron chi connectivity index (χ2n) is 7.37. The number of halogens is 1. The molecule has 0 fully saturated rings. The van der Waals surface area contributed by atoms with Crippen molar-refractivity contribution in [3.05, 3.63) is 95.0 Å². The van der Waals surface area contributed by atoms with E-state index in [-0.39, 0.29) is 11.7 Å². The molecule has 0 bridgehead atoms. The van der Waals surface area contributed by atoms with Gasteiger partial charge in [-0.05, 0) is 43.7 Å². The Morgan fingerprint density at radius 2 is 1.70 bits per heavy atom. The number of carbonyl (C=O) groups excluding carboxylic acids is 1. The maximum atomic E-state index is 12.5. The average molecular weight is 476 g/mol. The molecular formula is C25H22ClN5OS. The van der Waals surface area contributed by atoms with Crippen LogP contribution in [-0.2, 0) is 4.79 Å². The van der Waals surface area contributed by atoms with Gasteiger partial charge in [0.25, 0.3) is 5.91 Å². The van der Waals surface area contributed by atoms with Crippen LogP contribution in [0.15, 0.2) is 89.1 Å². The third kappa shape index (κ3) is 5.69. The maximum absolute atomic E-state index is 12.5. The molecule has 0 saturated carbocycles. The van der Waals surface area contributed by atoms with Gasteiger partial charge in [0, 0.05) is 16.3 Å². The minimum atomic E-state index is -0.229. The van der Waals surface area contributed by atoms with Gasteiger partial charge < -0.3 is 0 Å². The highest BCUT2D eigenvalue weighted by Crippen LogP contribution is 2.28. The van der Waals surface area contributed by atoms with Crippen LogP contribution in [0, 0.1) is 6.92 Å². The molecule has 166 valence electrons. The summed E-state index contributed by atoms with van der Waals surface area (Å²) in [6, 6.07) is 25.3. The number of aromatic nitrogens is 3. The predicted molar refractivity (Wildman–Crippen MR) is 134 cm³/mol. The highest BCUT2D eigenvalue weighted by Gasteiger charge is 2.17. The molecule has 0 unspecified atom stereocenters. The van der Waals surface area contributed by atoms with Crippen molar-refractivity contribution in [3.8, 4) is 17.1 Å². The van der Waals surface area contributed by atoms with Crippen molar-refractivity contribution in [2.45, 2.75) is 19.0 Å². The molecule has 6 nitrogen and oxygen atoms in total. The zero-order valence-electron chi connectivity index (χ0n) is 18.2. The van der Waals surface area contributed by atoms with Gasteiger partial charge in [-0.2, -0.15) is 5.10 Å². The summed E-state index contributed by atoms with van der Waals surface area (Å²) in [7, 11) is 0. The number of aryl methyl sites for hydroxylation is 1. The van der Waals surface area contributed by atoms with Crippen LogP contribution in [0.3, 0.4) is 0 Å². The number of amides is 1. The lowest BCUT2D eigenvalue weighted by atomic mass is 10.1. The van der Waals surface area contributed by atoms with E-state index in [0.29, 0.717) is 15.9 Å². The van der Waals surface area contributed by atoms with Gasteiger partial charge in [0.05, 0.1) is 11.5 Å². The zero-order chi connectivity index (χ0) is 23.2. The van der Waals surface area contributed by atoms with E-state index < -0.39 is 0 Å². The SMILES string of the molecule is C/C(=N/NC(=O)CSc1nnc(-c2ccccc2)n1-c1ccc(C)cc1)c1ccc(Cl)cc1. The summed E-state index contributed by atoms with van der Waals surface area (Å²) in [6.45, 7) is 3.87. The minimum absolute atomic E-state index is 0.149. The molecule has 0 radical (unpaired) electrons. The van der Waals surface area contributed by atoms with Crippen molar-refractivity contribution in [3.63, 3.8) is 0 Å². The van der Waals surface area contributed by atoms with Crippen LogP contribution >= 0.6 is 23.4 Å². The standard InChI is InChI=1S/C25H22ClN5OS/c1-17-8-14-22(15-9-17)31-24(20-6-4-3-5-7-20)29-30-25(31)33-16-23(32)28-27-18(2)19-10-12-21(26)13-11-19/h3-15H,16H2,1-2H3,(H,28,32)/b27-18-. The van der Waals surface area contributed by atoms with Crippen LogP contribution in [0.4, 0.5) is 0 Å². The fourth-order valence-corrected chi connectivity index (χ4v) is 4.00. The first-order valence-electron chi connectivity index (χ1n) is 10.3. The number of carbonyl (C=O) groups is 1. The van der Waals surface area contributed by atoms with Gasteiger partial charge in [0.1, 0.15) is 0 Å². The van der Waals surface area contributed by atoms with Crippen molar-refractivity contribution in [1.82, 2.24) is 20.2 Å². The van der Waals surface area contributed by atoms with Crippen LogP contribution in [0.2, 0.25) is 5.02 Å². The highest BCUT2D eigenvalue weighted by molar-refractivity contribution is 7.99. The third-order valence-electron chi connectivity index (χ3n) is 4.90. The summed E-state index contributed by atoms with van der Waals surface area (Å²) in [4.78, 5) is 12.5. The van der Waals surface area contributed by atoms with E-state index in [1.165, 1.54) is 11.8 Å². The topological polar surface area (TPSA) is 72.2 Å². The summed E-state index contributed by atoms with van der Waals surface area (Å²) in [6.07, 6.45) is 0. The van der Waals surface area contributed by atoms with E-state index in [2.05, 4.69) is 20.7 Å². The van der Waals surface area contributed by atoms with Crippen LogP contribution in [0.5, 0.6) is 0 Å². The Labute approximate surface area is 201 Å². The second-order valence-corrected chi connectivity index (χ2v) is 8.75. The van der Waals surface area contributed by atoms with Crippen molar-refractivity contribution in [1.29, 1.82) is 0 Å². The molecule has 0 aliphatic heterocycles. The summed E-state index contributed by atoms with van der Waals surface area (Å²) >= 11 is 7.23. The van der Waals surface area contributed by atoms with Gasteiger partial charge in [-0.15, -0.1) is 10.2 Å². The van der Waals surface area contributed by atoms with Gasteiger partial charge in [-0.25, -0.2) is 5.43 Å². The molecule has 33 heavy (non-hydrogen) atoms. The van der Waals surface area contributed by atoms with E-state index in [4.69, 9.17) is 11.6 Å². The summed E-state index contributed by atoms with van der Waals surface area (Å²) in [5.74, 6) is 0.642. The van der Waals surface area contributed by atoms with Gasteiger partial charge in [-0.3, -0.25) is 9.36 Å². The second kappa shape index (κ2) is 10.5. The monoisotopic (exact) mass is 475 g/mol. The van der Waals surface area contributed by atoms with Gasteiger partial charge in [-0.1, -0.05) is 83.5 Å². The first-order valence-corrected chi connectivity index (χ1v) is 11.7. The molecule has 3 aromatic carbocycles. The molecule has 4 rings (SSSR count). The van der Waals surface area contributed by atoms with Gasteiger partial charge in [0.2, 0.25) is 0 Å². The number of benzene rings is 3. The molecule has 1 N–H and O–H groups in total. The van der Waals surface area contributed by atoms with E-state index in [1.807, 2.05) is 85.1 Å². The van der Waals surface area contributed by atoms with Crippen molar-refractivity contribution < 1.29 is 4.79 Å². The Balaban J connectivity index is 1.51. The lowest BCUT2D eigenvalue weighted by molar-refractivity contribution is -0.118. The number of hydrazone groups is 1. The number of rotatable bonds is 7. The van der Waals surface area contributed by atoms with Gasteiger partial charge >= 0.3 is 0 Å². The average Bonchev–Trinajstić information content (AvgIpc) is 3.26. The van der Waals surface area contributed by atoms with Crippen molar-refractivity contribution in [2.75, 3.05) is 5.75 Å². The Kier molecular flexibility index (Phi) is 7.22. The first kappa shape index (κ1) is 22.8. The fraction of sp³-hybridized carbons (Fsp3) is 0.120. The number of nitrogens with one attached hydrogen (secondary N) is 1. The highest BCUT2D eigenvalue weighted by atomic mass is 35.5. The Hall–Kier alpha value is -3.42. The normalized spacial score (nSPS) is 11.4. The molecule has 0 saturated heterocycles. The number of hydrogen-bond acceptors (Lipinski definition) is 5. The molecule has 1 heterocycles. The molecule has 0 atom stereocenters. The largest absolute Gasteiger partial charge is 0.272 e. The maximum Gasteiger partial charge on any atom is 0.250 e. The minimum Gasteiger partial charge on any atom is -0.272 e. The Morgan fingerprint density at radius 1 is 1.00 bits per heavy atom. The first-order chi connectivity index (χ1) is 16.0. The molecule has 0 aliphatic carbocycles. The zero-order valence-corrected chi connectivity index (χ0v) is 19.8. The fourth-order valence-electron chi connectivity index (χ4n) is 3.13. The number of thioether (sulfide) groups is 1. The van der Waals surface area contributed by atoms with Crippen LogP contribution in [0.1, 0.15) is 18.1 Å². The van der Waals surface area contributed by atoms with Crippen molar-refractivity contribution >= 4 is 35.0 Å². The lowest BCUT2D eigenvalue weighted by Gasteiger charge is -2.10. The third-order valence-corrected chi connectivity index (χ3v) is 6.08. The number of hydrogen-bond donors (Lipinski definition) is 1. The molecule has 8 heteroatoms. The van der Waals surface area contributed by atoms with Gasteiger partial charge in [0.15, 0.2) is 11.0 Å². The quantitative estimate of drug-likeness (QED) is 0.217. The summed E-state index contributed by atoms with van der Waals surface area (Å²) in [5, 5.41) is 14.2. The molecule has 0 spiro atoms.